The Kier molecular flexibility index (Phi) is 1520. The minimum atomic E-state index is -1.75. The zero-order valence-corrected chi connectivity index (χ0v) is 6.40. The number of hydrogen-bond acceptors (Lipinski definition) is 3. The fourth-order valence-corrected chi connectivity index (χ4v) is 0. The van der Waals surface area contributed by atoms with Crippen LogP contribution < -0.4 is 0 Å². The van der Waals surface area contributed by atoms with Gasteiger partial charge in [-0.1, -0.05) is 0 Å². The van der Waals surface area contributed by atoms with Gasteiger partial charge in [-0.3, -0.25) is 0 Å². The molecule has 0 heterocycles. The van der Waals surface area contributed by atoms with Crippen LogP contribution in [-0.4, -0.2) is 55.3 Å². The summed E-state index contributed by atoms with van der Waals surface area (Å²) in [7, 11) is 0. The zero-order valence-electron chi connectivity index (χ0n) is 5.25. The summed E-state index contributed by atoms with van der Waals surface area (Å²) in [5.41, 5.74) is 0. The normalized spacial score (nSPS) is 2.18. The van der Waals surface area contributed by atoms with Gasteiger partial charge in [-0.15, -0.1) is 0 Å². The van der Waals surface area contributed by atoms with Crippen molar-refractivity contribution in [2.24, 2.45) is 0 Å². The number of hydrogen-bond donors (Lipinski definition) is 0. The van der Waals surface area contributed by atoms with Crippen LogP contribution in [0.4, 0.5) is 0 Å². The maximum Gasteiger partial charge on any atom is 3.00 e. The average molecular weight is 197 g/mol. The molecule has 72 valence electrons. The Balaban J connectivity index is -0.00000000214. The Labute approximate surface area is 71.5 Å². The molecule has 0 aliphatic carbocycles. The molecule has 0 unspecified atom stereocenters. The van der Waals surface area contributed by atoms with Crippen LogP contribution in [0.15, 0.2) is 0 Å². The van der Waals surface area contributed by atoms with Gasteiger partial charge in [0.2, 0.25) is 0 Å². The van der Waals surface area contributed by atoms with Gasteiger partial charge in [0.15, 0.2) is 0 Å². The molecular formula is H12AlNO9+2. The van der Waals surface area contributed by atoms with E-state index in [2.05, 4.69) is 0 Å². The van der Waals surface area contributed by atoms with E-state index in [1.807, 2.05) is 0 Å². The maximum absolute atomic E-state index is 8.25. The molecule has 0 saturated carbocycles. The summed E-state index contributed by atoms with van der Waals surface area (Å²) in [6, 6.07) is 0. The first-order valence-corrected chi connectivity index (χ1v) is 0.548. The van der Waals surface area contributed by atoms with Crippen molar-refractivity contribution in [3.63, 3.8) is 0 Å². The number of nitrogens with zero attached hydrogens (tertiary/aromatic N) is 1. The predicted molar refractivity (Wildman–Crippen MR) is 37.8 cm³/mol. The van der Waals surface area contributed by atoms with Crippen molar-refractivity contribution in [3.05, 3.63) is 15.3 Å². The molecule has 0 atom stereocenters. The quantitative estimate of drug-likeness (QED) is 0.209. The van der Waals surface area contributed by atoms with Gasteiger partial charge in [0.25, 0.3) is 0 Å². The van der Waals surface area contributed by atoms with Crippen molar-refractivity contribution in [1.82, 2.24) is 0 Å². The van der Waals surface area contributed by atoms with Gasteiger partial charge in [0.05, 0.1) is 5.09 Å². The van der Waals surface area contributed by atoms with Crippen molar-refractivity contribution in [1.29, 1.82) is 0 Å². The summed E-state index contributed by atoms with van der Waals surface area (Å²) in [4.78, 5) is 8.25. The van der Waals surface area contributed by atoms with E-state index >= 15 is 0 Å². The second-order valence-corrected chi connectivity index (χ2v) is 0.224. The molecule has 0 fully saturated rings. The fraction of sp³-hybridized carbons (Fsp3) is 0. The third-order valence-electron chi connectivity index (χ3n) is 0. The molecule has 12 N–H and O–H groups in total. The second-order valence-electron chi connectivity index (χ2n) is 0.224. The summed E-state index contributed by atoms with van der Waals surface area (Å²) < 4.78 is 0. The van der Waals surface area contributed by atoms with E-state index in [-0.39, 0.29) is 50.2 Å². The molecule has 11 heteroatoms. The molecular weight excluding hydrogens is 185 g/mol. The molecule has 0 rings (SSSR count). The van der Waals surface area contributed by atoms with Crippen LogP contribution in [-0.2, 0) is 0 Å². The fourth-order valence-electron chi connectivity index (χ4n) is 0. The topological polar surface area (TPSA) is 255 Å². The SMILES string of the molecule is O.O.O.O.O.O.O=[N+]([O-])[O-].[Al+3]. The maximum atomic E-state index is 8.25. The monoisotopic (exact) mass is 197 g/mol. The Morgan fingerprint density at radius 3 is 0.727 bits per heavy atom. The van der Waals surface area contributed by atoms with Crippen molar-refractivity contribution < 1.29 is 37.9 Å². The average Bonchev–Trinajstić information content (AvgIpc) is 0.811. The van der Waals surface area contributed by atoms with Crippen molar-refractivity contribution in [2.45, 2.75) is 0 Å². The van der Waals surface area contributed by atoms with E-state index in [9.17, 15) is 0 Å². The largest absolute Gasteiger partial charge is 3.00 e. The van der Waals surface area contributed by atoms with Crippen LogP contribution in [0, 0.1) is 15.3 Å². The summed E-state index contributed by atoms with van der Waals surface area (Å²) in [6.45, 7) is 0. The summed E-state index contributed by atoms with van der Waals surface area (Å²) >= 11 is 0. The predicted octanol–water partition coefficient (Wildman–Crippen LogP) is -5.57. The Morgan fingerprint density at radius 2 is 0.727 bits per heavy atom. The smallest absolute Gasteiger partial charge is 0.412 e. The molecule has 0 aromatic carbocycles. The van der Waals surface area contributed by atoms with Crippen LogP contribution in [0.3, 0.4) is 0 Å². The van der Waals surface area contributed by atoms with E-state index in [0.717, 1.165) is 0 Å². The first-order chi connectivity index (χ1) is 1.73. The first-order valence-electron chi connectivity index (χ1n) is 0.548. The standard InChI is InChI=1S/Al.NO3.6H2O/c;2-1(3)4;;;;;;/h;;6*1H2/q+3;-1;;;;;;. The molecule has 11 heavy (non-hydrogen) atoms. The summed E-state index contributed by atoms with van der Waals surface area (Å²) in [5.74, 6) is 0. The zero-order chi connectivity index (χ0) is 3.58. The van der Waals surface area contributed by atoms with Gasteiger partial charge in [-0.2, -0.15) is 0 Å². The van der Waals surface area contributed by atoms with Gasteiger partial charge in [-0.05, 0) is 0 Å². The molecule has 10 nitrogen and oxygen atoms in total. The van der Waals surface area contributed by atoms with Crippen LogP contribution in [0.2, 0.25) is 0 Å². The molecule has 0 spiro atoms. The van der Waals surface area contributed by atoms with Crippen LogP contribution in [0.5, 0.6) is 0 Å². The van der Waals surface area contributed by atoms with Gasteiger partial charge >= 0.3 is 17.4 Å². The van der Waals surface area contributed by atoms with Gasteiger partial charge < -0.3 is 48.2 Å². The molecule has 0 aliphatic rings. The van der Waals surface area contributed by atoms with E-state index in [1.54, 1.807) is 0 Å². The first kappa shape index (κ1) is 152. The molecule has 0 aromatic rings. The Hall–Kier alpha value is -0.508. The van der Waals surface area contributed by atoms with Crippen molar-refractivity contribution in [2.75, 3.05) is 0 Å². The Bertz CT molecular complexity index is 32.5. The van der Waals surface area contributed by atoms with E-state index in [0.29, 0.717) is 0 Å². The molecule has 0 radical (unpaired) electrons. The van der Waals surface area contributed by atoms with Gasteiger partial charge in [-0.25, -0.2) is 0 Å². The van der Waals surface area contributed by atoms with Crippen LogP contribution in [0.25, 0.3) is 0 Å². The van der Waals surface area contributed by atoms with Gasteiger partial charge in [0, 0.05) is 0 Å². The summed E-state index contributed by atoms with van der Waals surface area (Å²) in [6.07, 6.45) is 0. The van der Waals surface area contributed by atoms with E-state index < -0.39 is 5.09 Å². The second kappa shape index (κ2) is 110. The minimum absolute atomic E-state index is 0. The Morgan fingerprint density at radius 1 is 0.727 bits per heavy atom. The van der Waals surface area contributed by atoms with Crippen LogP contribution >= 0.6 is 0 Å². The third kappa shape index (κ3) is 2070. The van der Waals surface area contributed by atoms with E-state index in [1.165, 1.54) is 0 Å². The van der Waals surface area contributed by atoms with Crippen molar-refractivity contribution in [3.8, 4) is 0 Å². The minimum Gasteiger partial charge on any atom is -0.412 e. The summed E-state index contributed by atoms with van der Waals surface area (Å²) in [5, 5.41) is 14.8. The molecule has 0 bridgehead atoms. The number of rotatable bonds is 0. The molecule has 0 amide bonds. The van der Waals surface area contributed by atoms with Gasteiger partial charge in [0.1, 0.15) is 0 Å². The molecule has 0 saturated heterocycles. The van der Waals surface area contributed by atoms with Crippen molar-refractivity contribution >= 4 is 17.4 Å². The molecule has 0 aromatic heterocycles. The van der Waals surface area contributed by atoms with E-state index in [4.69, 9.17) is 15.3 Å². The third-order valence-corrected chi connectivity index (χ3v) is 0. The molecule has 0 aliphatic heterocycles. The van der Waals surface area contributed by atoms with Crippen LogP contribution in [0.1, 0.15) is 0 Å².